The monoisotopic (exact) mass is 231 g/mol. The van der Waals surface area contributed by atoms with Crippen LogP contribution in [0.5, 0.6) is 0 Å². The second-order valence-corrected chi connectivity index (χ2v) is 5.62. The highest BCUT2D eigenvalue weighted by Crippen LogP contribution is 2.37. The normalized spacial score (nSPS) is 19.7. The summed E-state index contributed by atoms with van der Waals surface area (Å²) in [7, 11) is 2.04. The summed E-state index contributed by atoms with van der Waals surface area (Å²) in [5.41, 5.74) is 3.08. The quantitative estimate of drug-likeness (QED) is 0.806. The third-order valence-corrected chi connectivity index (χ3v) is 4.26. The molecular weight excluding hydrogens is 206 g/mol. The van der Waals surface area contributed by atoms with Crippen LogP contribution in [-0.4, -0.2) is 13.1 Å². The summed E-state index contributed by atoms with van der Waals surface area (Å²) in [4.78, 5) is 0. The van der Waals surface area contributed by atoms with Gasteiger partial charge >= 0.3 is 0 Å². The minimum atomic E-state index is 0.595. The lowest BCUT2D eigenvalue weighted by atomic mass is 9.79. The molecule has 1 aliphatic rings. The molecule has 0 radical (unpaired) electrons. The zero-order chi connectivity index (χ0) is 12.3. The molecule has 1 N–H and O–H groups in total. The molecule has 0 heterocycles. The van der Waals surface area contributed by atoms with Gasteiger partial charge in [0.05, 0.1) is 0 Å². The molecule has 0 spiro atoms. The molecule has 1 aliphatic carbocycles. The van der Waals surface area contributed by atoms with Crippen LogP contribution in [0.1, 0.15) is 62.5 Å². The van der Waals surface area contributed by atoms with Gasteiger partial charge in [-0.1, -0.05) is 37.6 Å². The molecule has 17 heavy (non-hydrogen) atoms. The first-order chi connectivity index (χ1) is 8.20. The number of hydrogen-bond acceptors (Lipinski definition) is 1. The Kier molecular flexibility index (Phi) is 4.22. The second-order valence-electron chi connectivity index (χ2n) is 5.62. The number of rotatable bonds is 5. The molecule has 2 unspecified atom stereocenters. The van der Waals surface area contributed by atoms with E-state index in [9.17, 15) is 0 Å². The van der Waals surface area contributed by atoms with E-state index in [-0.39, 0.29) is 0 Å². The summed E-state index contributed by atoms with van der Waals surface area (Å²) in [6, 6.07) is 9.87. The largest absolute Gasteiger partial charge is 0.317 e. The molecule has 0 bridgehead atoms. The third kappa shape index (κ3) is 3.10. The average Bonchev–Trinajstić information content (AvgIpc) is 2.27. The molecule has 1 nitrogen and oxygen atoms in total. The van der Waals surface area contributed by atoms with Crippen LogP contribution in [0.4, 0.5) is 0 Å². The van der Waals surface area contributed by atoms with Crippen molar-refractivity contribution < 1.29 is 0 Å². The Morgan fingerprint density at radius 3 is 2.65 bits per heavy atom. The molecular formula is C16H25N. The van der Waals surface area contributed by atoms with Crippen LogP contribution < -0.4 is 5.32 Å². The van der Waals surface area contributed by atoms with E-state index in [1.54, 1.807) is 5.56 Å². The van der Waals surface area contributed by atoms with Crippen molar-refractivity contribution >= 4 is 0 Å². The van der Waals surface area contributed by atoms with Gasteiger partial charge in [0.25, 0.3) is 0 Å². The van der Waals surface area contributed by atoms with E-state index in [1.165, 1.54) is 31.2 Å². The second kappa shape index (κ2) is 5.68. The van der Waals surface area contributed by atoms with Crippen LogP contribution in [0, 0.1) is 0 Å². The van der Waals surface area contributed by atoms with Crippen LogP contribution in [-0.2, 0) is 0 Å². The van der Waals surface area contributed by atoms with Gasteiger partial charge in [0, 0.05) is 6.04 Å². The van der Waals surface area contributed by atoms with Crippen molar-refractivity contribution in [2.75, 3.05) is 7.05 Å². The van der Waals surface area contributed by atoms with Crippen molar-refractivity contribution in [3.8, 4) is 0 Å². The van der Waals surface area contributed by atoms with Gasteiger partial charge in [-0.15, -0.1) is 0 Å². The molecule has 94 valence electrons. The molecule has 0 amide bonds. The van der Waals surface area contributed by atoms with E-state index in [4.69, 9.17) is 0 Å². The maximum absolute atomic E-state index is 3.33. The number of nitrogens with one attached hydrogen (secondary N) is 1. The molecule has 1 saturated carbocycles. The van der Waals surface area contributed by atoms with Crippen molar-refractivity contribution in [3.63, 3.8) is 0 Å². The van der Waals surface area contributed by atoms with Crippen molar-refractivity contribution in [3.05, 3.63) is 35.4 Å². The molecule has 0 aliphatic heterocycles. The third-order valence-electron chi connectivity index (χ3n) is 4.26. The maximum Gasteiger partial charge on any atom is 0.00414 e. The summed E-state index contributed by atoms with van der Waals surface area (Å²) in [6.07, 6.45) is 5.42. The number of hydrogen-bond donors (Lipinski definition) is 1. The summed E-state index contributed by atoms with van der Waals surface area (Å²) in [5, 5.41) is 3.33. The SMILES string of the molecule is CNC(C)CC(C)c1cccc(C2CCC2)c1. The van der Waals surface area contributed by atoms with Crippen molar-refractivity contribution in [2.45, 2.75) is 57.4 Å². The van der Waals surface area contributed by atoms with Crippen LogP contribution >= 0.6 is 0 Å². The van der Waals surface area contributed by atoms with E-state index < -0.39 is 0 Å². The van der Waals surface area contributed by atoms with Gasteiger partial charge in [-0.2, -0.15) is 0 Å². The summed E-state index contributed by atoms with van der Waals surface area (Å²) >= 11 is 0. The van der Waals surface area contributed by atoms with Crippen LogP contribution in [0.3, 0.4) is 0 Å². The van der Waals surface area contributed by atoms with E-state index in [1.807, 2.05) is 7.05 Å². The topological polar surface area (TPSA) is 12.0 Å². The van der Waals surface area contributed by atoms with Gasteiger partial charge in [-0.25, -0.2) is 0 Å². The molecule has 2 rings (SSSR count). The fourth-order valence-electron chi connectivity index (χ4n) is 2.65. The lowest BCUT2D eigenvalue weighted by Crippen LogP contribution is -2.23. The van der Waals surface area contributed by atoms with Crippen LogP contribution in [0.2, 0.25) is 0 Å². The van der Waals surface area contributed by atoms with Gasteiger partial charge in [0.1, 0.15) is 0 Å². The predicted octanol–water partition coefficient (Wildman–Crippen LogP) is 4.06. The van der Waals surface area contributed by atoms with E-state index in [0.29, 0.717) is 12.0 Å². The molecule has 1 aromatic rings. The van der Waals surface area contributed by atoms with Gasteiger partial charge in [-0.3, -0.25) is 0 Å². The minimum Gasteiger partial charge on any atom is -0.317 e. The van der Waals surface area contributed by atoms with Crippen LogP contribution in [0.25, 0.3) is 0 Å². The summed E-state index contributed by atoms with van der Waals surface area (Å²) in [5.74, 6) is 1.50. The average molecular weight is 231 g/mol. The minimum absolute atomic E-state index is 0.595. The molecule has 2 atom stereocenters. The molecule has 1 heteroatoms. The van der Waals surface area contributed by atoms with Crippen LogP contribution in [0.15, 0.2) is 24.3 Å². The Hall–Kier alpha value is -0.820. The lowest BCUT2D eigenvalue weighted by Gasteiger charge is -2.27. The molecule has 0 saturated heterocycles. The zero-order valence-corrected chi connectivity index (χ0v) is 11.4. The van der Waals surface area contributed by atoms with Crippen molar-refractivity contribution in [1.82, 2.24) is 5.32 Å². The van der Waals surface area contributed by atoms with Gasteiger partial charge in [0.15, 0.2) is 0 Å². The van der Waals surface area contributed by atoms with Gasteiger partial charge < -0.3 is 5.32 Å². The highest BCUT2D eigenvalue weighted by molar-refractivity contribution is 5.29. The molecule has 1 aromatic carbocycles. The fraction of sp³-hybridized carbons (Fsp3) is 0.625. The van der Waals surface area contributed by atoms with Gasteiger partial charge in [0.2, 0.25) is 0 Å². The van der Waals surface area contributed by atoms with E-state index in [0.717, 1.165) is 5.92 Å². The maximum atomic E-state index is 3.33. The standard InChI is InChI=1S/C16H25N/c1-12(10-13(2)17-3)15-8-5-9-16(11-15)14-6-4-7-14/h5,8-9,11-14,17H,4,6-7,10H2,1-3H3. The Morgan fingerprint density at radius 2 is 2.06 bits per heavy atom. The summed E-state index contributed by atoms with van der Waals surface area (Å²) in [6.45, 7) is 4.60. The van der Waals surface area contributed by atoms with Crippen molar-refractivity contribution in [2.24, 2.45) is 0 Å². The summed E-state index contributed by atoms with van der Waals surface area (Å²) < 4.78 is 0. The Morgan fingerprint density at radius 1 is 1.29 bits per heavy atom. The highest BCUT2D eigenvalue weighted by atomic mass is 14.8. The van der Waals surface area contributed by atoms with E-state index >= 15 is 0 Å². The Balaban J connectivity index is 2.04. The first-order valence-electron chi connectivity index (χ1n) is 6.98. The smallest absolute Gasteiger partial charge is 0.00414 e. The number of benzene rings is 1. The van der Waals surface area contributed by atoms with E-state index in [2.05, 4.69) is 43.4 Å². The Labute approximate surface area is 106 Å². The van der Waals surface area contributed by atoms with Crippen molar-refractivity contribution in [1.29, 1.82) is 0 Å². The molecule has 0 aromatic heterocycles. The zero-order valence-electron chi connectivity index (χ0n) is 11.4. The fourth-order valence-corrected chi connectivity index (χ4v) is 2.65. The first-order valence-corrected chi connectivity index (χ1v) is 6.98. The molecule has 1 fully saturated rings. The predicted molar refractivity (Wildman–Crippen MR) is 74.6 cm³/mol. The Bertz CT molecular complexity index is 354. The highest BCUT2D eigenvalue weighted by Gasteiger charge is 2.20. The van der Waals surface area contributed by atoms with Gasteiger partial charge in [-0.05, 0) is 56.2 Å². The first kappa shape index (κ1) is 12.6. The lowest BCUT2D eigenvalue weighted by molar-refractivity contribution is 0.419.